The second-order valence-electron chi connectivity index (χ2n) is 6.96. The van der Waals surface area contributed by atoms with E-state index in [1.165, 1.54) is 10.5 Å². The minimum atomic E-state index is -0.629. The molecule has 2 aromatic carbocycles. The van der Waals surface area contributed by atoms with Crippen molar-refractivity contribution < 1.29 is 19.1 Å². The lowest BCUT2D eigenvalue weighted by Crippen LogP contribution is -2.36. The molecule has 0 fully saturated rings. The number of carbonyl (C=O) groups excluding carboxylic acids is 2. The monoisotopic (exact) mass is 394 g/mol. The average Bonchev–Trinajstić information content (AvgIpc) is 2.72. The third kappa shape index (κ3) is 6.96. The molecule has 0 saturated carbocycles. The number of hydrogen-bond acceptors (Lipinski definition) is 5. The lowest BCUT2D eigenvalue weighted by atomic mass is 10.0. The van der Waals surface area contributed by atoms with Crippen LogP contribution < -0.4 is 9.64 Å². The molecule has 0 spiro atoms. The number of anilines is 1. The lowest BCUT2D eigenvalue weighted by molar-refractivity contribution is -0.149. The second-order valence-corrected chi connectivity index (χ2v) is 6.96. The summed E-state index contributed by atoms with van der Waals surface area (Å²) >= 11 is 0. The summed E-state index contributed by atoms with van der Waals surface area (Å²) in [5.41, 5.74) is 2.90. The third-order valence-corrected chi connectivity index (χ3v) is 4.35. The Balaban J connectivity index is 1.87. The Hall–Kier alpha value is -3.33. The van der Waals surface area contributed by atoms with Crippen molar-refractivity contribution in [3.63, 3.8) is 0 Å². The Morgan fingerprint density at radius 3 is 2.28 bits per heavy atom. The molecule has 6 nitrogen and oxygen atoms in total. The van der Waals surface area contributed by atoms with E-state index in [4.69, 9.17) is 14.7 Å². The van der Waals surface area contributed by atoms with E-state index in [0.717, 1.165) is 5.56 Å². The standard InChI is InChI=1S/C23H26N2O4/c1-17(2)19-7-11-21(12-8-19)28-16-23(27)29-15-22(26)25(14-4-13-24)20-9-5-18(3)6-10-20/h5-12,17H,4,14-16H2,1-3H3. The zero-order valence-corrected chi connectivity index (χ0v) is 17.1. The topological polar surface area (TPSA) is 79.6 Å². The van der Waals surface area contributed by atoms with E-state index in [1.54, 1.807) is 24.3 Å². The van der Waals surface area contributed by atoms with Crippen molar-refractivity contribution in [3.8, 4) is 11.8 Å². The van der Waals surface area contributed by atoms with Gasteiger partial charge in [0.1, 0.15) is 5.75 Å². The molecule has 0 unspecified atom stereocenters. The summed E-state index contributed by atoms with van der Waals surface area (Å²) in [6.45, 7) is 5.68. The second kappa shape index (κ2) is 10.9. The Morgan fingerprint density at radius 2 is 1.69 bits per heavy atom. The molecule has 0 atom stereocenters. The van der Waals surface area contributed by atoms with Gasteiger partial charge in [0.15, 0.2) is 13.2 Å². The van der Waals surface area contributed by atoms with Crippen LogP contribution in [-0.2, 0) is 14.3 Å². The summed E-state index contributed by atoms with van der Waals surface area (Å²) in [5, 5.41) is 8.84. The molecule has 0 aliphatic heterocycles. The maximum atomic E-state index is 12.5. The lowest BCUT2D eigenvalue weighted by Gasteiger charge is -2.21. The quantitative estimate of drug-likeness (QED) is 0.601. The minimum absolute atomic E-state index is 0.184. The van der Waals surface area contributed by atoms with Crippen LogP contribution >= 0.6 is 0 Å². The van der Waals surface area contributed by atoms with Gasteiger partial charge in [-0.3, -0.25) is 4.79 Å². The van der Waals surface area contributed by atoms with E-state index < -0.39 is 18.5 Å². The molecule has 152 valence electrons. The number of esters is 1. The molecule has 6 heteroatoms. The number of hydrogen-bond donors (Lipinski definition) is 0. The van der Waals surface area contributed by atoms with Gasteiger partial charge in [-0.15, -0.1) is 0 Å². The molecular weight excluding hydrogens is 368 g/mol. The fourth-order valence-corrected chi connectivity index (χ4v) is 2.64. The fourth-order valence-electron chi connectivity index (χ4n) is 2.64. The largest absolute Gasteiger partial charge is 0.482 e. The smallest absolute Gasteiger partial charge is 0.344 e. The van der Waals surface area contributed by atoms with Crippen molar-refractivity contribution >= 4 is 17.6 Å². The fraction of sp³-hybridized carbons (Fsp3) is 0.348. The molecule has 0 saturated heterocycles. The molecule has 0 radical (unpaired) electrons. The average molecular weight is 394 g/mol. The van der Waals surface area contributed by atoms with Crippen LogP contribution in [0.15, 0.2) is 48.5 Å². The number of ether oxygens (including phenoxy) is 2. The van der Waals surface area contributed by atoms with Crippen molar-refractivity contribution in [2.75, 3.05) is 24.7 Å². The predicted octanol–water partition coefficient (Wildman–Crippen LogP) is 3.99. The number of rotatable bonds is 9. The Morgan fingerprint density at radius 1 is 1.03 bits per heavy atom. The molecule has 0 heterocycles. The maximum absolute atomic E-state index is 12.5. The molecule has 1 amide bonds. The van der Waals surface area contributed by atoms with Crippen LogP contribution in [0.5, 0.6) is 5.75 Å². The first-order valence-corrected chi connectivity index (χ1v) is 9.53. The predicted molar refractivity (Wildman–Crippen MR) is 111 cm³/mol. The summed E-state index contributed by atoms with van der Waals surface area (Å²) in [7, 11) is 0. The first kappa shape index (κ1) is 22.0. The molecule has 2 aromatic rings. The first-order chi connectivity index (χ1) is 13.9. The van der Waals surface area contributed by atoms with Crippen LogP contribution in [0.4, 0.5) is 5.69 Å². The Labute approximate surface area is 171 Å². The zero-order chi connectivity index (χ0) is 21.2. The summed E-state index contributed by atoms with van der Waals surface area (Å²) in [4.78, 5) is 25.9. The van der Waals surface area contributed by atoms with Crippen LogP contribution in [0, 0.1) is 18.3 Å². The minimum Gasteiger partial charge on any atom is -0.482 e. The van der Waals surface area contributed by atoms with Crippen molar-refractivity contribution in [1.29, 1.82) is 5.26 Å². The van der Waals surface area contributed by atoms with Gasteiger partial charge in [-0.2, -0.15) is 5.26 Å². The number of benzene rings is 2. The normalized spacial score (nSPS) is 10.3. The number of nitriles is 1. The molecule has 0 aliphatic rings. The van der Waals surface area contributed by atoms with E-state index in [2.05, 4.69) is 13.8 Å². The van der Waals surface area contributed by atoms with E-state index >= 15 is 0 Å². The Bertz CT molecular complexity index is 852. The highest BCUT2D eigenvalue weighted by Gasteiger charge is 2.17. The van der Waals surface area contributed by atoms with Gasteiger partial charge in [0.25, 0.3) is 5.91 Å². The highest BCUT2D eigenvalue weighted by molar-refractivity contribution is 5.95. The van der Waals surface area contributed by atoms with Crippen LogP contribution in [0.1, 0.15) is 37.3 Å². The molecule has 0 aromatic heterocycles. The highest BCUT2D eigenvalue weighted by atomic mass is 16.6. The van der Waals surface area contributed by atoms with Crippen molar-refractivity contribution in [1.82, 2.24) is 0 Å². The summed E-state index contributed by atoms with van der Waals surface area (Å²) in [5.74, 6) is -0.0420. The summed E-state index contributed by atoms with van der Waals surface area (Å²) < 4.78 is 10.5. The van der Waals surface area contributed by atoms with Gasteiger partial charge in [-0.1, -0.05) is 43.7 Å². The highest BCUT2D eigenvalue weighted by Crippen LogP contribution is 2.19. The molecular formula is C23H26N2O4. The molecule has 0 aliphatic carbocycles. The van der Waals surface area contributed by atoms with Crippen molar-refractivity contribution in [3.05, 3.63) is 59.7 Å². The zero-order valence-electron chi connectivity index (χ0n) is 17.1. The van der Waals surface area contributed by atoms with Crippen LogP contribution in [0.3, 0.4) is 0 Å². The third-order valence-electron chi connectivity index (χ3n) is 4.35. The van der Waals surface area contributed by atoms with Crippen LogP contribution in [0.2, 0.25) is 0 Å². The number of aryl methyl sites for hydroxylation is 1. The summed E-state index contributed by atoms with van der Waals surface area (Å²) in [6, 6.07) is 16.9. The van der Waals surface area contributed by atoms with Crippen molar-refractivity contribution in [2.45, 2.75) is 33.1 Å². The van der Waals surface area contributed by atoms with E-state index in [-0.39, 0.29) is 19.6 Å². The van der Waals surface area contributed by atoms with Gasteiger partial charge in [0, 0.05) is 12.2 Å². The SMILES string of the molecule is Cc1ccc(N(CCC#N)C(=O)COC(=O)COc2ccc(C(C)C)cc2)cc1. The van der Waals surface area contributed by atoms with Gasteiger partial charge in [-0.05, 0) is 42.7 Å². The first-order valence-electron chi connectivity index (χ1n) is 9.53. The number of nitrogens with zero attached hydrogens (tertiary/aromatic N) is 2. The number of carbonyl (C=O) groups is 2. The van der Waals surface area contributed by atoms with Gasteiger partial charge >= 0.3 is 5.97 Å². The molecule has 0 bridgehead atoms. The van der Waals surface area contributed by atoms with Crippen LogP contribution in [-0.4, -0.2) is 31.6 Å². The number of amides is 1. The van der Waals surface area contributed by atoms with Gasteiger partial charge in [-0.25, -0.2) is 4.79 Å². The molecule has 29 heavy (non-hydrogen) atoms. The van der Waals surface area contributed by atoms with Crippen LogP contribution in [0.25, 0.3) is 0 Å². The van der Waals surface area contributed by atoms with Gasteiger partial charge < -0.3 is 14.4 Å². The Kier molecular flexibility index (Phi) is 8.23. The maximum Gasteiger partial charge on any atom is 0.344 e. The van der Waals surface area contributed by atoms with E-state index in [0.29, 0.717) is 17.4 Å². The van der Waals surface area contributed by atoms with Gasteiger partial charge in [0.2, 0.25) is 0 Å². The summed E-state index contributed by atoms with van der Waals surface area (Å²) in [6.07, 6.45) is 0.184. The molecule has 2 rings (SSSR count). The van der Waals surface area contributed by atoms with Gasteiger partial charge in [0.05, 0.1) is 12.5 Å². The molecule has 0 N–H and O–H groups in total. The van der Waals surface area contributed by atoms with E-state index in [9.17, 15) is 9.59 Å². The van der Waals surface area contributed by atoms with Crippen molar-refractivity contribution in [2.24, 2.45) is 0 Å². The van der Waals surface area contributed by atoms with E-state index in [1.807, 2.05) is 37.3 Å².